The van der Waals surface area contributed by atoms with E-state index in [4.69, 9.17) is 11.6 Å². The van der Waals surface area contributed by atoms with E-state index < -0.39 is 26.6 Å². The first-order valence-corrected chi connectivity index (χ1v) is 7.85. The molecule has 0 saturated carbocycles. The minimum atomic E-state index is -4.15. The fraction of sp³-hybridized carbons (Fsp3) is 0. The number of nitrogens with one attached hydrogen (secondary N) is 1. The van der Waals surface area contributed by atoms with Crippen molar-refractivity contribution in [3.63, 3.8) is 0 Å². The molecule has 8 nitrogen and oxygen atoms in total. The summed E-state index contributed by atoms with van der Waals surface area (Å²) < 4.78 is 26.6. The molecule has 0 bridgehead atoms. The number of carboxylic acid groups (broad SMARTS) is 1. The number of hydrogen-bond donors (Lipinski definition) is 1. The van der Waals surface area contributed by atoms with Crippen LogP contribution in [0.25, 0.3) is 0 Å². The Kier molecular flexibility index (Phi) is 4.52. The summed E-state index contributed by atoms with van der Waals surface area (Å²) in [6.45, 7) is 0. The Labute approximate surface area is 135 Å². The highest BCUT2D eigenvalue weighted by atomic mass is 35.5. The van der Waals surface area contributed by atoms with E-state index >= 15 is 0 Å². The highest BCUT2D eigenvalue weighted by Crippen LogP contribution is 2.28. The predicted molar refractivity (Wildman–Crippen MR) is 79.7 cm³/mol. The highest BCUT2D eigenvalue weighted by Gasteiger charge is 2.20. The van der Waals surface area contributed by atoms with E-state index in [1.54, 1.807) is 0 Å². The van der Waals surface area contributed by atoms with E-state index in [9.17, 15) is 28.4 Å². The van der Waals surface area contributed by atoms with Crippen LogP contribution < -0.4 is 9.83 Å². The van der Waals surface area contributed by atoms with Gasteiger partial charge in [-0.25, -0.2) is 8.42 Å². The second kappa shape index (κ2) is 6.23. The van der Waals surface area contributed by atoms with Gasteiger partial charge in [0.2, 0.25) is 0 Å². The number of halogens is 1. The van der Waals surface area contributed by atoms with Crippen molar-refractivity contribution in [1.82, 2.24) is 0 Å². The maximum Gasteiger partial charge on any atom is 0.289 e. The number of carbonyl (C=O) groups is 1. The van der Waals surface area contributed by atoms with Crippen LogP contribution in [0.3, 0.4) is 0 Å². The Morgan fingerprint density at radius 2 is 1.87 bits per heavy atom. The minimum Gasteiger partial charge on any atom is -0.545 e. The van der Waals surface area contributed by atoms with E-state index in [1.807, 2.05) is 0 Å². The number of carbonyl (C=O) groups excluding carboxylic acids is 1. The summed E-state index contributed by atoms with van der Waals surface area (Å²) in [5.74, 6) is -1.46. The van der Waals surface area contributed by atoms with Gasteiger partial charge in [0, 0.05) is 11.8 Å². The van der Waals surface area contributed by atoms with Crippen LogP contribution in [0.1, 0.15) is 10.4 Å². The minimum absolute atomic E-state index is 0.0238. The highest BCUT2D eigenvalue weighted by molar-refractivity contribution is 7.92. The third kappa shape index (κ3) is 3.76. The molecule has 1 N–H and O–H groups in total. The number of nitro groups is 1. The second-order valence-corrected chi connectivity index (χ2v) is 6.43. The molecule has 10 heteroatoms. The topological polar surface area (TPSA) is 129 Å². The van der Waals surface area contributed by atoms with Crippen molar-refractivity contribution in [2.24, 2.45) is 0 Å². The lowest BCUT2D eigenvalue weighted by Gasteiger charge is -2.10. The van der Waals surface area contributed by atoms with Crippen LogP contribution in [0, 0.1) is 10.1 Å². The Balaban J connectivity index is 2.40. The molecule has 0 saturated heterocycles. The van der Waals surface area contributed by atoms with Crippen molar-refractivity contribution in [2.45, 2.75) is 4.90 Å². The van der Waals surface area contributed by atoms with Gasteiger partial charge in [-0.1, -0.05) is 23.7 Å². The molecule has 0 heterocycles. The zero-order valence-electron chi connectivity index (χ0n) is 11.2. The smallest absolute Gasteiger partial charge is 0.289 e. The van der Waals surface area contributed by atoms with E-state index in [0.717, 1.165) is 24.3 Å². The molecule has 0 fully saturated rings. The number of anilines is 1. The first-order valence-electron chi connectivity index (χ1n) is 5.99. The summed E-state index contributed by atoms with van der Waals surface area (Å²) in [5.41, 5.74) is -0.797. The zero-order valence-corrected chi connectivity index (χ0v) is 12.8. The quantitative estimate of drug-likeness (QED) is 0.637. The van der Waals surface area contributed by atoms with Crippen molar-refractivity contribution in [3.8, 4) is 0 Å². The molecule has 2 aromatic rings. The van der Waals surface area contributed by atoms with Crippen LogP contribution in [0.15, 0.2) is 47.4 Å². The molecule has 0 spiro atoms. The van der Waals surface area contributed by atoms with Crippen LogP contribution in [-0.4, -0.2) is 19.3 Å². The van der Waals surface area contributed by atoms with Crippen molar-refractivity contribution >= 4 is 39.0 Å². The average Bonchev–Trinajstić information content (AvgIpc) is 2.46. The largest absolute Gasteiger partial charge is 0.545 e. The molecule has 2 rings (SSSR count). The van der Waals surface area contributed by atoms with Gasteiger partial charge in [0.25, 0.3) is 15.7 Å². The van der Waals surface area contributed by atoms with Crippen LogP contribution >= 0.6 is 11.6 Å². The van der Waals surface area contributed by atoms with Crippen LogP contribution in [0.4, 0.5) is 11.4 Å². The van der Waals surface area contributed by atoms with Gasteiger partial charge in [-0.15, -0.1) is 0 Å². The predicted octanol–water partition coefficient (Wildman–Crippen LogP) is 1.41. The summed E-state index contributed by atoms with van der Waals surface area (Å²) in [6, 6.07) is 7.96. The van der Waals surface area contributed by atoms with Gasteiger partial charge in [0.1, 0.15) is 5.02 Å². The fourth-order valence-corrected chi connectivity index (χ4v) is 2.98. The van der Waals surface area contributed by atoms with E-state index in [1.165, 1.54) is 18.2 Å². The summed E-state index contributed by atoms with van der Waals surface area (Å²) in [6.07, 6.45) is 0. The summed E-state index contributed by atoms with van der Waals surface area (Å²) in [7, 11) is -4.15. The van der Waals surface area contributed by atoms with Crippen molar-refractivity contribution in [2.75, 3.05) is 4.72 Å². The SMILES string of the molecule is O=C([O-])c1cccc(NS(=O)(=O)c2ccc(Cl)c([N+](=O)[O-])c2)c1. The molecule has 0 aliphatic rings. The zero-order chi connectivity index (χ0) is 17.2. The molecular weight excluding hydrogens is 348 g/mol. The summed E-state index contributed by atoms with van der Waals surface area (Å²) in [4.78, 5) is 20.4. The first-order chi connectivity index (χ1) is 10.7. The van der Waals surface area contributed by atoms with Gasteiger partial charge >= 0.3 is 0 Å². The number of nitrogens with zero attached hydrogens (tertiary/aromatic N) is 1. The second-order valence-electron chi connectivity index (χ2n) is 4.34. The van der Waals surface area contributed by atoms with Gasteiger partial charge in [-0.05, 0) is 29.8 Å². The lowest BCUT2D eigenvalue weighted by molar-refractivity contribution is -0.384. The lowest BCUT2D eigenvalue weighted by atomic mass is 10.2. The molecule has 0 aliphatic heterocycles. The number of sulfonamides is 1. The Morgan fingerprint density at radius 3 is 2.48 bits per heavy atom. The van der Waals surface area contributed by atoms with E-state index in [0.29, 0.717) is 0 Å². The lowest BCUT2D eigenvalue weighted by Crippen LogP contribution is -2.22. The number of aromatic carboxylic acids is 1. The molecule has 0 radical (unpaired) electrons. The standard InChI is InChI=1S/C13H9ClN2O6S/c14-11-5-4-10(7-12(11)16(19)20)23(21,22)15-9-3-1-2-8(6-9)13(17)18/h1-7,15H,(H,17,18)/p-1. The molecule has 0 unspecified atom stereocenters. The molecule has 0 aliphatic carbocycles. The monoisotopic (exact) mass is 355 g/mol. The maximum absolute atomic E-state index is 12.2. The normalized spacial score (nSPS) is 11.0. The molecular formula is C13H8ClN2O6S-. The van der Waals surface area contributed by atoms with E-state index in [2.05, 4.69) is 4.72 Å². The number of nitro benzene ring substituents is 1. The summed E-state index contributed by atoms with van der Waals surface area (Å²) in [5, 5.41) is 21.4. The van der Waals surface area contributed by atoms with Gasteiger partial charge < -0.3 is 9.90 Å². The average molecular weight is 356 g/mol. The number of benzene rings is 2. The Morgan fingerprint density at radius 1 is 1.17 bits per heavy atom. The third-order valence-corrected chi connectivity index (χ3v) is 4.47. The van der Waals surface area contributed by atoms with Crippen molar-refractivity contribution in [1.29, 1.82) is 0 Å². The van der Waals surface area contributed by atoms with Gasteiger partial charge in [-0.3, -0.25) is 14.8 Å². The first kappa shape index (κ1) is 16.7. The van der Waals surface area contributed by atoms with Crippen molar-refractivity contribution < 1.29 is 23.2 Å². The molecule has 0 atom stereocenters. The van der Waals surface area contributed by atoms with Crippen LogP contribution in [0.2, 0.25) is 5.02 Å². The molecule has 23 heavy (non-hydrogen) atoms. The molecule has 120 valence electrons. The van der Waals surface area contributed by atoms with Crippen LogP contribution in [0.5, 0.6) is 0 Å². The van der Waals surface area contributed by atoms with Gasteiger partial charge in [0.15, 0.2) is 0 Å². The third-order valence-electron chi connectivity index (χ3n) is 2.78. The maximum atomic E-state index is 12.2. The van der Waals surface area contributed by atoms with Crippen LogP contribution in [-0.2, 0) is 10.0 Å². The summed E-state index contributed by atoms with van der Waals surface area (Å²) >= 11 is 5.63. The Hall–Kier alpha value is -2.65. The van der Waals surface area contributed by atoms with Gasteiger partial charge in [0.05, 0.1) is 15.8 Å². The van der Waals surface area contributed by atoms with E-state index in [-0.39, 0.29) is 21.2 Å². The van der Waals surface area contributed by atoms with Gasteiger partial charge in [-0.2, -0.15) is 0 Å². The molecule has 0 aromatic heterocycles. The Bertz CT molecular complexity index is 897. The number of hydrogen-bond acceptors (Lipinski definition) is 6. The molecule has 2 aromatic carbocycles. The molecule has 0 amide bonds. The number of carboxylic acids is 1. The fourth-order valence-electron chi connectivity index (χ4n) is 1.72. The number of rotatable bonds is 5. The van der Waals surface area contributed by atoms with Crippen molar-refractivity contribution in [3.05, 3.63) is 63.2 Å².